The fourth-order valence-corrected chi connectivity index (χ4v) is 5.45. The first-order valence-electron chi connectivity index (χ1n) is 11.0. The van der Waals surface area contributed by atoms with Gasteiger partial charge in [-0.25, -0.2) is 8.42 Å². The molecule has 1 saturated heterocycles. The Balaban J connectivity index is 1.68. The number of carbonyl (C=O) groups is 1. The molecule has 0 aromatic heterocycles. The Kier molecular flexibility index (Phi) is 7.86. The fourth-order valence-electron chi connectivity index (χ4n) is 3.86. The van der Waals surface area contributed by atoms with Crippen LogP contribution in [0.2, 0.25) is 0 Å². The van der Waals surface area contributed by atoms with Crippen LogP contribution in [-0.4, -0.2) is 76.5 Å². The van der Waals surface area contributed by atoms with Crippen LogP contribution in [-0.2, 0) is 14.8 Å². The number of hydrogen-bond donors (Lipinski definition) is 0. The van der Waals surface area contributed by atoms with Crippen LogP contribution in [0.5, 0.6) is 11.5 Å². The first-order chi connectivity index (χ1) is 15.7. The smallest absolute Gasteiger partial charge is 0.247 e. The third-order valence-electron chi connectivity index (χ3n) is 5.87. The second-order valence-corrected chi connectivity index (χ2v) is 10.3. The van der Waals surface area contributed by atoms with E-state index in [4.69, 9.17) is 9.47 Å². The van der Waals surface area contributed by atoms with Crippen molar-refractivity contribution >= 4 is 21.6 Å². The summed E-state index contributed by atoms with van der Waals surface area (Å²) in [6, 6.07) is 13.0. The highest BCUT2D eigenvalue weighted by Gasteiger charge is 2.33. The Bertz CT molecular complexity index is 1060. The maximum Gasteiger partial charge on any atom is 0.247 e. The minimum atomic E-state index is -3.79. The van der Waals surface area contributed by atoms with E-state index in [1.807, 2.05) is 31.2 Å². The summed E-state index contributed by atoms with van der Waals surface area (Å²) in [5, 5.41) is 0. The number of aryl methyl sites for hydroxylation is 1. The lowest BCUT2D eigenvalue weighted by molar-refractivity contribution is -0.130. The number of amides is 1. The number of carbonyl (C=O) groups excluding carboxylic acids is 1. The maximum absolute atomic E-state index is 13.3. The summed E-state index contributed by atoms with van der Waals surface area (Å²) >= 11 is 0. The predicted molar refractivity (Wildman–Crippen MR) is 129 cm³/mol. The molecule has 0 saturated carbocycles. The summed E-state index contributed by atoms with van der Waals surface area (Å²) in [5.41, 5.74) is 2.16. The number of sulfonamides is 1. The molecule has 0 radical (unpaired) electrons. The van der Waals surface area contributed by atoms with E-state index in [-0.39, 0.29) is 42.2 Å². The molecule has 0 spiro atoms. The minimum absolute atomic E-state index is 0.0136. The van der Waals surface area contributed by atoms with Gasteiger partial charge in [0.2, 0.25) is 15.9 Å². The van der Waals surface area contributed by atoms with Crippen molar-refractivity contribution in [3.63, 3.8) is 0 Å². The number of anilines is 1. The molecule has 1 heterocycles. The van der Waals surface area contributed by atoms with E-state index in [0.717, 1.165) is 5.69 Å². The second-order valence-electron chi connectivity index (χ2n) is 8.36. The third-order valence-corrected chi connectivity index (χ3v) is 7.79. The Labute approximate surface area is 196 Å². The summed E-state index contributed by atoms with van der Waals surface area (Å²) in [5.74, 6) is 0.688. The summed E-state index contributed by atoms with van der Waals surface area (Å²) in [7, 11) is -0.868. The van der Waals surface area contributed by atoms with E-state index in [1.54, 1.807) is 17.0 Å². The molecule has 1 aliphatic heterocycles. The zero-order valence-corrected chi connectivity index (χ0v) is 20.8. The molecule has 180 valence electrons. The number of rotatable bonds is 8. The van der Waals surface area contributed by atoms with Crippen LogP contribution in [0.4, 0.5) is 5.69 Å². The van der Waals surface area contributed by atoms with Crippen molar-refractivity contribution in [1.82, 2.24) is 9.21 Å². The highest BCUT2D eigenvalue weighted by molar-refractivity contribution is 7.89. The molecular weight excluding hydrogens is 442 g/mol. The molecular formula is C24H33N3O5S. The van der Waals surface area contributed by atoms with E-state index < -0.39 is 10.0 Å². The van der Waals surface area contributed by atoms with Crippen LogP contribution >= 0.6 is 0 Å². The van der Waals surface area contributed by atoms with Crippen molar-refractivity contribution in [3.05, 3.63) is 48.0 Å². The number of piperazine rings is 1. The van der Waals surface area contributed by atoms with Gasteiger partial charge in [0.15, 0.2) is 0 Å². The van der Waals surface area contributed by atoms with E-state index in [1.165, 1.54) is 30.2 Å². The standard InChI is InChI=1S/C24H33N3O5S/c1-18(2)27(20-8-6-19(3)7-9-20)17-24(28)25-12-14-26(15-13-25)33(29,30)23-16-21(31-4)10-11-22(23)32-5/h6-11,16,18H,12-15,17H2,1-5H3. The lowest BCUT2D eigenvalue weighted by Crippen LogP contribution is -2.53. The zero-order chi connectivity index (χ0) is 24.2. The van der Waals surface area contributed by atoms with Crippen LogP contribution in [0.3, 0.4) is 0 Å². The summed E-state index contributed by atoms with van der Waals surface area (Å²) in [6.07, 6.45) is 0. The first kappa shape index (κ1) is 24.9. The van der Waals surface area contributed by atoms with Crippen molar-refractivity contribution in [1.29, 1.82) is 0 Å². The monoisotopic (exact) mass is 475 g/mol. The summed E-state index contributed by atoms with van der Waals surface area (Å²) < 4.78 is 38.4. The quantitative estimate of drug-likeness (QED) is 0.584. The van der Waals surface area contributed by atoms with Gasteiger partial charge in [0.25, 0.3) is 0 Å². The van der Waals surface area contributed by atoms with Crippen LogP contribution < -0.4 is 14.4 Å². The molecule has 9 heteroatoms. The molecule has 2 aromatic carbocycles. The molecule has 0 N–H and O–H groups in total. The van der Waals surface area contributed by atoms with E-state index in [2.05, 4.69) is 18.7 Å². The highest BCUT2D eigenvalue weighted by atomic mass is 32.2. The van der Waals surface area contributed by atoms with Gasteiger partial charge in [-0.1, -0.05) is 17.7 Å². The zero-order valence-electron chi connectivity index (χ0n) is 19.9. The van der Waals surface area contributed by atoms with Gasteiger partial charge in [0, 0.05) is 44.0 Å². The number of benzene rings is 2. The number of methoxy groups -OCH3 is 2. The van der Waals surface area contributed by atoms with Gasteiger partial charge in [-0.3, -0.25) is 4.79 Å². The van der Waals surface area contributed by atoms with E-state index in [9.17, 15) is 13.2 Å². The first-order valence-corrected chi connectivity index (χ1v) is 12.4. The van der Waals surface area contributed by atoms with Crippen molar-refractivity contribution in [2.24, 2.45) is 0 Å². The van der Waals surface area contributed by atoms with Crippen LogP contribution in [0.1, 0.15) is 19.4 Å². The third kappa shape index (κ3) is 5.59. The Morgan fingerprint density at radius 3 is 2.18 bits per heavy atom. The van der Waals surface area contributed by atoms with Gasteiger partial charge >= 0.3 is 0 Å². The maximum atomic E-state index is 13.3. The van der Waals surface area contributed by atoms with Crippen LogP contribution in [0.15, 0.2) is 47.4 Å². The Hall–Kier alpha value is -2.78. The summed E-state index contributed by atoms with van der Waals surface area (Å²) in [4.78, 5) is 16.9. The topological polar surface area (TPSA) is 79.4 Å². The molecule has 0 unspecified atom stereocenters. The van der Waals surface area contributed by atoms with E-state index >= 15 is 0 Å². The van der Waals surface area contributed by atoms with E-state index in [0.29, 0.717) is 18.8 Å². The molecule has 0 atom stereocenters. The number of ether oxygens (including phenoxy) is 2. The molecule has 1 amide bonds. The molecule has 33 heavy (non-hydrogen) atoms. The van der Waals surface area contributed by atoms with Crippen molar-refractivity contribution in [2.45, 2.75) is 31.7 Å². The van der Waals surface area contributed by atoms with Gasteiger partial charge in [-0.2, -0.15) is 4.31 Å². The molecule has 1 fully saturated rings. The van der Waals surface area contributed by atoms with Crippen molar-refractivity contribution in [3.8, 4) is 11.5 Å². The largest absolute Gasteiger partial charge is 0.497 e. The molecule has 0 aliphatic carbocycles. The lowest BCUT2D eigenvalue weighted by atomic mass is 10.2. The Morgan fingerprint density at radius 1 is 1.00 bits per heavy atom. The molecule has 1 aliphatic rings. The fraction of sp³-hybridized carbons (Fsp3) is 0.458. The lowest BCUT2D eigenvalue weighted by Gasteiger charge is -2.36. The molecule has 0 bridgehead atoms. The van der Waals surface area contributed by atoms with Crippen LogP contribution in [0.25, 0.3) is 0 Å². The Morgan fingerprint density at radius 2 is 1.64 bits per heavy atom. The van der Waals surface area contributed by atoms with Gasteiger partial charge in [-0.05, 0) is 45.0 Å². The summed E-state index contributed by atoms with van der Waals surface area (Å²) in [6.45, 7) is 7.51. The molecule has 3 rings (SSSR count). The number of hydrogen-bond acceptors (Lipinski definition) is 6. The predicted octanol–water partition coefficient (Wildman–Crippen LogP) is 2.76. The minimum Gasteiger partial charge on any atom is -0.497 e. The van der Waals surface area contributed by atoms with Crippen molar-refractivity contribution in [2.75, 3.05) is 51.8 Å². The number of nitrogens with zero attached hydrogens (tertiary/aromatic N) is 3. The average Bonchev–Trinajstić information content (AvgIpc) is 2.82. The SMILES string of the molecule is COc1ccc(OC)c(S(=O)(=O)N2CCN(C(=O)CN(c3ccc(C)cc3)C(C)C)CC2)c1. The van der Waals surface area contributed by atoms with Crippen LogP contribution in [0, 0.1) is 6.92 Å². The highest BCUT2D eigenvalue weighted by Crippen LogP contribution is 2.31. The van der Waals surface area contributed by atoms with Gasteiger partial charge in [0.1, 0.15) is 16.4 Å². The van der Waals surface area contributed by atoms with Crippen molar-refractivity contribution < 1.29 is 22.7 Å². The molecule has 2 aromatic rings. The second kappa shape index (κ2) is 10.4. The van der Waals surface area contributed by atoms with Gasteiger partial charge in [-0.15, -0.1) is 0 Å². The van der Waals surface area contributed by atoms with Gasteiger partial charge < -0.3 is 19.3 Å². The molecule has 8 nitrogen and oxygen atoms in total. The average molecular weight is 476 g/mol. The normalized spacial score (nSPS) is 14.9. The van der Waals surface area contributed by atoms with Gasteiger partial charge in [0.05, 0.1) is 20.8 Å².